The summed E-state index contributed by atoms with van der Waals surface area (Å²) in [5.41, 5.74) is 1.29. The Morgan fingerprint density at radius 1 is 1.07 bits per heavy atom. The molecule has 160 valence electrons. The molecule has 1 saturated heterocycles. The molecule has 0 radical (unpaired) electrons. The number of nitrogens with zero attached hydrogens (tertiary/aromatic N) is 1. The molecule has 1 amide bonds. The molecule has 1 N–H and O–H groups in total. The van der Waals surface area contributed by atoms with Crippen molar-refractivity contribution >= 4 is 15.9 Å². The van der Waals surface area contributed by atoms with E-state index in [0.29, 0.717) is 18.7 Å². The number of hydrogen-bond acceptors (Lipinski definition) is 4. The van der Waals surface area contributed by atoms with Crippen LogP contribution in [-0.4, -0.2) is 44.5 Å². The largest absolute Gasteiger partial charge is 0.377 e. The van der Waals surface area contributed by atoms with Crippen LogP contribution < -0.4 is 4.72 Å². The van der Waals surface area contributed by atoms with Crippen molar-refractivity contribution in [2.45, 2.75) is 49.3 Å². The van der Waals surface area contributed by atoms with Crippen molar-refractivity contribution in [1.29, 1.82) is 0 Å². The minimum atomic E-state index is -3.66. The number of rotatable bonds is 8. The van der Waals surface area contributed by atoms with Crippen LogP contribution in [0.2, 0.25) is 0 Å². The van der Waals surface area contributed by atoms with Crippen molar-refractivity contribution < 1.29 is 22.3 Å². The van der Waals surface area contributed by atoms with Gasteiger partial charge >= 0.3 is 0 Å². The molecule has 0 bridgehead atoms. The first kappa shape index (κ1) is 21.0. The maximum Gasteiger partial charge on any atom is 0.254 e. The Balaban J connectivity index is 1.43. The summed E-state index contributed by atoms with van der Waals surface area (Å²) in [5, 5.41) is 0. The molecule has 1 saturated carbocycles. The second kappa shape index (κ2) is 8.83. The van der Waals surface area contributed by atoms with Gasteiger partial charge in [0.05, 0.1) is 11.0 Å². The molecule has 1 atom stereocenters. The van der Waals surface area contributed by atoms with Crippen LogP contribution in [-0.2, 0) is 21.3 Å². The van der Waals surface area contributed by atoms with E-state index in [-0.39, 0.29) is 35.3 Å². The summed E-state index contributed by atoms with van der Waals surface area (Å²) in [6.45, 7) is 1.31. The van der Waals surface area contributed by atoms with Crippen molar-refractivity contribution in [3.8, 4) is 0 Å². The number of nitrogens with one attached hydrogen (secondary N) is 1. The molecule has 2 aromatic rings. The van der Waals surface area contributed by atoms with Gasteiger partial charge in [-0.05, 0) is 67.6 Å². The van der Waals surface area contributed by atoms with Crippen molar-refractivity contribution in [3.63, 3.8) is 0 Å². The fourth-order valence-corrected chi connectivity index (χ4v) is 4.64. The lowest BCUT2D eigenvalue weighted by atomic mass is 10.1. The van der Waals surface area contributed by atoms with E-state index >= 15 is 0 Å². The van der Waals surface area contributed by atoms with E-state index in [4.69, 9.17) is 4.74 Å². The molecule has 4 rings (SSSR count). The lowest BCUT2D eigenvalue weighted by molar-refractivity contribution is 0.0730. The second-order valence-corrected chi connectivity index (χ2v) is 9.57. The zero-order valence-corrected chi connectivity index (χ0v) is 17.4. The van der Waals surface area contributed by atoms with Crippen LogP contribution in [0, 0.1) is 5.82 Å². The van der Waals surface area contributed by atoms with E-state index in [1.165, 1.54) is 24.3 Å². The number of halogens is 1. The van der Waals surface area contributed by atoms with Crippen LogP contribution in [0.15, 0.2) is 53.4 Å². The van der Waals surface area contributed by atoms with Gasteiger partial charge < -0.3 is 9.64 Å². The van der Waals surface area contributed by atoms with Crippen LogP contribution in [0.1, 0.15) is 41.6 Å². The summed E-state index contributed by atoms with van der Waals surface area (Å²) in [6.07, 6.45) is 3.58. The highest BCUT2D eigenvalue weighted by Gasteiger charge is 2.33. The third-order valence-corrected chi connectivity index (χ3v) is 6.89. The molecule has 2 aliphatic rings. The first-order valence-electron chi connectivity index (χ1n) is 10.2. The van der Waals surface area contributed by atoms with Gasteiger partial charge in [0.25, 0.3) is 5.91 Å². The molecular weight excluding hydrogens is 407 g/mol. The number of carbonyl (C=O) groups is 1. The average Bonchev–Trinajstić information content (AvgIpc) is 3.45. The third kappa shape index (κ3) is 5.06. The summed E-state index contributed by atoms with van der Waals surface area (Å²) in [7, 11) is -3.66. The maximum absolute atomic E-state index is 13.2. The van der Waals surface area contributed by atoms with Crippen LogP contribution in [0.5, 0.6) is 0 Å². The molecule has 1 unspecified atom stereocenters. The Morgan fingerprint density at radius 2 is 1.77 bits per heavy atom. The molecule has 30 heavy (non-hydrogen) atoms. The number of hydrogen-bond donors (Lipinski definition) is 1. The molecule has 1 aliphatic heterocycles. The number of carbonyl (C=O) groups excluding carboxylic acids is 1. The Bertz CT molecular complexity index is 983. The SMILES string of the molecule is O=C(c1ccc(S(=O)(=O)NCC2CCCO2)cc1)N(Cc1ccc(F)cc1)C1CC1. The minimum Gasteiger partial charge on any atom is -0.377 e. The number of ether oxygens (including phenoxy) is 1. The topological polar surface area (TPSA) is 75.7 Å². The maximum atomic E-state index is 13.2. The quantitative estimate of drug-likeness (QED) is 0.696. The van der Waals surface area contributed by atoms with E-state index in [1.54, 1.807) is 29.2 Å². The molecule has 1 aliphatic carbocycles. The van der Waals surface area contributed by atoms with E-state index < -0.39 is 10.0 Å². The van der Waals surface area contributed by atoms with Crippen LogP contribution >= 0.6 is 0 Å². The van der Waals surface area contributed by atoms with Gasteiger partial charge in [-0.2, -0.15) is 0 Å². The summed E-state index contributed by atoms with van der Waals surface area (Å²) in [6, 6.07) is 12.3. The van der Waals surface area contributed by atoms with Crippen molar-refractivity contribution in [2.24, 2.45) is 0 Å². The second-order valence-electron chi connectivity index (χ2n) is 7.80. The van der Waals surface area contributed by atoms with Gasteiger partial charge in [0.2, 0.25) is 10.0 Å². The molecule has 0 aromatic heterocycles. The minimum absolute atomic E-state index is 0.0841. The Hall–Kier alpha value is -2.29. The van der Waals surface area contributed by atoms with Crippen molar-refractivity contribution in [3.05, 3.63) is 65.5 Å². The van der Waals surface area contributed by atoms with E-state index in [2.05, 4.69) is 4.72 Å². The number of sulfonamides is 1. The fourth-order valence-electron chi connectivity index (χ4n) is 3.57. The molecule has 0 spiro atoms. The predicted molar refractivity (Wildman–Crippen MR) is 110 cm³/mol. The summed E-state index contributed by atoms with van der Waals surface area (Å²) in [4.78, 5) is 14.9. The Labute approximate surface area is 176 Å². The van der Waals surface area contributed by atoms with E-state index in [9.17, 15) is 17.6 Å². The zero-order valence-electron chi connectivity index (χ0n) is 16.6. The van der Waals surface area contributed by atoms with E-state index in [0.717, 1.165) is 31.2 Å². The smallest absolute Gasteiger partial charge is 0.254 e. The molecule has 8 heteroatoms. The third-order valence-electron chi connectivity index (χ3n) is 5.45. The Kier molecular flexibility index (Phi) is 6.17. The fraction of sp³-hybridized carbons (Fsp3) is 0.409. The van der Waals surface area contributed by atoms with Crippen LogP contribution in [0.25, 0.3) is 0 Å². The molecule has 6 nitrogen and oxygen atoms in total. The number of amides is 1. The normalized spacial score (nSPS) is 19.0. The van der Waals surface area contributed by atoms with Gasteiger partial charge in [0.15, 0.2) is 0 Å². The average molecular weight is 433 g/mol. The highest BCUT2D eigenvalue weighted by molar-refractivity contribution is 7.89. The van der Waals surface area contributed by atoms with Crippen molar-refractivity contribution in [2.75, 3.05) is 13.2 Å². The van der Waals surface area contributed by atoms with Gasteiger partial charge in [-0.1, -0.05) is 12.1 Å². The zero-order chi connectivity index (χ0) is 21.1. The molecular formula is C22H25FN2O4S. The van der Waals surface area contributed by atoms with Crippen LogP contribution in [0.3, 0.4) is 0 Å². The highest BCUT2D eigenvalue weighted by atomic mass is 32.2. The summed E-state index contributed by atoms with van der Waals surface area (Å²) < 4.78 is 46.2. The molecule has 2 aromatic carbocycles. The monoisotopic (exact) mass is 432 g/mol. The first-order valence-corrected chi connectivity index (χ1v) is 11.7. The number of benzene rings is 2. The first-order chi connectivity index (χ1) is 14.4. The molecule has 2 fully saturated rings. The lowest BCUT2D eigenvalue weighted by Gasteiger charge is -2.23. The van der Waals surface area contributed by atoms with E-state index in [1.807, 2.05) is 0 Å². The van der Waals surface area contributed by atoms with Crippen LogP contribution in [0.4, 0.5) is 4.39 Å². The summed E-state index contributed by atoms with van der Waals surface area (Å²) >= 11 is 0. The lowest BCUT2D eigenvalue weighted by Crippen LogP contribution is -2.33. The van der Waals surface area contributed by atoms with Crippen molar-refractivity contribution in [1.82, 2.24) is 9.62 Å². The van der Waals surface area contributed by atoms with Gasteiger partial charge in [-0.15, -0.1) is 0 Å². The predicted octanol–water partition coefficient (Wildman–Crippen LogP) is 3.09. The Morgan fingerprint density at radius 3 is 2.37 bits per heavy atom. The highest BCUT2D eigenvalue weighted by Crippen LogP contribution is 2.30. The van der Waals surface area contributed by atoms with Gasteiger partial charge in [-0.3, -0.25) is 4.79 Å². The van der Waals surface area contributed by atoms with Gasteiger partial charge in [-0.25, -0.2) is 17.5 Å². The van der Waals surface area contributed by atoms with Gasteiger partial charge in [0, 0.05) is 31.3 Å². The van der Waals surface area contributed by atoms with Gasteiger partial charge in [0.1, 0.15) is 5.82 Å². The molecule has 1 heterocycles. The standard InChI is InChI=1S/C22H25FN2O4S/c23-18-7-3-16(4-8-18)15-25(19-9-10-19)22(26)17-5-11-21(12-6-17)30(27,28)24-14-20-2-1-13-29-20/h3-8,11-12,19-20,24H,1-2,9-10,13-15H2. The summed E-state index contributed by atoms with van der Waals surface area (Å²) in [5.74, 6) is -0.467.